The Kier molecular flexibility index (Phi) is 116. The summed E-state index contributed by atoms with van der Waals surface area (Å²) in [7, 11) is -24.7. The van der Waals surface area contributed by atoms with Crippen molar-refractivity contribution in [1.82, 2.24) is 0 Å². The summed E-state index contributed by atoms with van der Waals surface area (Å²) in [5, 5.41) is 0. The standard InChI is InChI=1S/C2H2.6F3P.2Rh/c1-2;6*1-4(2)3;;/h1-2H;;;;;;;;. The maximum Gasteiger partial charge on any atom is 0.456 e. The van der Waals surface area contributed by atoms with E-state index in [1.165, 1.54) is 0 Å². The second kappa shape index (κ2) is 56.9. The smallest absolute Gasteiger partial charge is 0.152 e. The number of hydrogen-bond donors (Lipinski definition) is 0. The van der Waals surface area contributed by atoms with E-state index in [0.717, 1.165) is 0 Å². The van der Waals surface area contributed by atoms with Gasteiger partial charge in [-0.2, -0.15) is 75.5 Å². The first-order valence-corrected chi connectivity index (χ1v) is 9.46. The Bertz CT molecular complexity index is 145. The second-order valence-electron chi connectivity index (χ2n) is 1.15. The minimum absolute atomic E-state index is 0. The fourth-order valence-corrected chi connectivity index (χ4v) is 0. The summed E-state index contributed by atoms with van der Waals surface area (Å²) >= 11 is 0. The molecule has 0 fully saturated rings. The van der Waals surface area contributed by atoms with Crippen LogP contribution in [0.3, 0.4) is 0 Å². The number of terminal acetylenes is 1. The molecular formula is C2H2F18P6Rh2. The van der Waals surface area contributed by atoms with Gasteiger partial charge in [0.2, 0.25) is 0 Å². The zero-order valence-electron chi connectivity index (χ0n) is 11.3. The maximum atomic E-state index is 9.73. The molecule has 0 aromatic heterocycles. The average Bonchev–Trinajstić information content (AvgIpc) is 2.25. The van der Waals surface area contributed by atoms with Gasteiger partial charge in [-0.25, -0.2) is 0 Å². The summed E-state index contributed by atoms with van der Waals surface area (Å²) in [6.07, 6.45) is 8.00. The molecule has 0 heterocycles. The Hall–Kier alpha value is 2.13. The second-order valence-corrected chi connectivity index (χ2v) is 3.45. The van der Waals surface area contributed by atoms with E-state index in [-0.39, 0.29) is 39.0 Å². The largest absolute Gasteiger partial charge is 0.456 e. The minimum Gasteiger partial charge on any atom is -0.152 e. The molecule has 0 rings (SSSR count). The molecule has 0 aliphatic heterocycles. The Morgan fingerprint density at radius 1 is 0.250 bits per heavy atom. The van der Waals surface area contributed by atoms with E-state index in [1.807, 2.05) is 0 Å². The molecule has 0 saturated carbocycles. The molecule has 0 spiro atoms. The van der Waals surface area contributed by atoms with Gasteiger partial charge >= 0.3 is 53.1 Å². The first-order valence-electron chi connectivity index (χ1n) is 3.38. The number of rotatable bonds is 0. The molecular weight excluding hydrogens is 758 g/mol. The summed E-state index contributed by atoms with van der Waals surface area (Å²) in [4.78, 5) is 0. The predicted octanol–water partition coefficient (Wildman–Crippen LogP) is 13.0. The molecule has 2 radical (unpaired) electrons. The summed E-state index contributed by atoms with van der Waals surface area (Å²) in [6, 6.07) is 0. The molecule has 0 saturated heterocycles. The van der Waals surface area contributed by atoms with E-state index in [2.05, 4.69) is 12.8 Å². The van der Waals surface area contributed by atoms with Crippen molar-refractivity contribution in [3.05, 3.63) is 0 Å². The average molecular weight is 760 g/mol. The van der Waals surface area contributed by atoms with Gasteiger partial charge in [0.1, 0.15) is 0 Å². The Morgan fingerprint density at radius 3 is 0.250 bits per heavy atom. The van der Waals surface area contributed by atoms with Gasteiger partial charge in [-0.3, -0.25) is 0 Å². The van der Waals surface area contributed by atoms with E-state index in [4.69, 9.17) is 0 Å². The van der Waals surface area contributed by atoms with Crippen molar-refractivity contribution in [2.24, 2.45) is 0 Å². The molecule has 0 aliphatic carbocycles. The van der Waals surface area contributed by atoms with Crippen LogP contribution < -0.4 is 0 Å². The van der Waals surface area contributed by atoms with Gasteiger partial charge < -0.3 is 0 Å². The normalized spacial score (nSPS) is 7.79. The van der Waals surface area contributed by atoms with E-state index in [9.17, 15) is 75.5 Å². The summed E-state index contributed by atoms with van der Waals surface area (Å²) in [6.45, 7) is 0. The summed E-state index contributed by atoms with van der Waals surface area (Å²) in [5.74, 6) is 0. The third kappa shape index (κ3) is 4580. The van der Waals surface area contributed by atoms with Crippen LogP contribution in [0.1, 0.15) is 0 Å². The first-order chi connectivity index (χ1) is 11.4. The molecule has 184 valence electrons. The van der Waals surface area contributed by atoms with Crippen LogP contribution in [0.15, 0.2) is 0 Å². The molecule has 26 heteroatoms. The summed E-state index contributed by atoms with van der Waals surface area (Å²) in [5.41, 5.74) is 0. The van der Waals surface area contributed by atoms with Gasteiger partial charge in [0, 0.05) is 39.0 Å². The minimum atomic E-state index is -4.12. The molecule has 0 nitrogen and oxygen atoms in total. The topological polar surface area (TPSA) is 0 Å². The fraction of sp³-hybridized carbons (Fsp3) is 0. The molecule has 0 aromatic carbocycles. The van der Waals surface area contributed by atoms with Crippen LogP contribution in [-0.4, -0.2) is 0 Å². The van der Waals surface area contributed by atoms with Crippen molar-refractivity contribution in [1.29, 1.82) is 0 Å². The van der Waals surface area contributed by atoms with Gasteiger partial charge in [0.05, 0.1) is 0 Å². The molecule has 0 bridgehead atoms. The zero-order chi connectivity index (χ0) is 23.5. The first kappa shape index (κ1) is 57.3. The van der Waals surface area contributed by atoms with Gasteiger partial charge in [-0.15, -0.1) is 12.8 Å². The van der Waals surface area contributed by atoms with Crippen molar-refractivity contribution >= 4 is 53.1 Å². The molecule has 0 aromatic rings. The summed E-state index contributed by atoms with van der Waals surface area (Å²) < 4.78 is 175. The SMILES string of the molecule is C#C.FP(F)F.FP(F)F.FP(F)F.FP(F)F.FP(F)F.FP(F)F.[Rh].[Rh]. The molecule has 0 aliphatic rings. The third-order valence-corrected chi connectivity index (χ3v) is 0. The van der Waals surface area contributed by atoms with Crippen LogP contribution in [-0.2, 0) is 39.0 Å². The van der Waals surface area contributed by atoms with Crippen LogP contribution in [0.25, 0.3) is 0 Å². The van der Waals surface area contributed by atoms with E-state index in [1.54, 1.807) is 0 Å². The van der Waals surface area contributed by atoms with Crippen molar-refractivity contribution < 1.29 is 115 Å². The van der Waals surface area contributed by atoms with Crippen molar-refractivity contribution in [2.75, 3.05) is 0 Å². The quantitative estimate of drug-likeness (QED) is 0.0999. The molecule has 28 heavy (non-hydrogen) atoms. The Morgan fingerprint density at radius 2 is 0.250 bits per heavy atom. The molecule has 0 amide bonds. The van der Waals surface area contributed by atoms with Crippen molar-refractivity contribution in [2.45, 2.75) is 0 Å². The number of halogens is 18. The van der Waals surface area contributed by atoms with Gasteiger partial charge in [-0.1, -0.05) is 0 Å². The van der Waals surface area contributed by atoms with Crippen LogP contribution in [0, 0.1) is 12.8 Å². The van der Waals surface area contributed by atoms with Crippen molar-refractivity contribution in [3.8, 4) is 12.8 Å². The predicted molar refractivity (Wildman–Crippen MR) is 71.4 cm³/mol. The number of hydrogen-bond acceptors (Lipinski definition) is 0. The Labute approximate surface area is 180 Å². The van der Waals surface area contributed by atoms with Crippen LogP contribution >= 0.6 is 53.1 Å². The third-order valence-electron chi connectivity index (χ3n) is 0. The van der Waals surface area contributed by atoms with Gasteiger partial charge in [-0.05, 0) is 0 Å². The van der Waals surface area contributed by atoms with Crippen molar-refractivity contribution in [3.63, 3.8) is 0 Å². The molecule has 0 N–H and O–H groups in total. The van der Waals surface area contributed by atoms with E-state index < -0.39 is 53.1 Å². The fourth-order valence-electron chi connectivity index (χ4n) is 0. The van der Waals surface area contributed by atoms with Gasteiger partial charge in [0.15, 0.2) is 0 Å². The monoisotopic (exact) mass is 760 g/mol. The van der Waals surface area contributed by atoms with Gasteiger partial charge in [0.25, 0.3) is 0 Å². The molecule has 0 atom stereocenters. The van der Waals surface area contributed by atoms with Crippen LogP contribution in [0.4, 0.5) is 75.5 Å². The van der Waals surface area contributed by atoms with Crippen LogP contribution in [0.5, 0.6) is 0 Å². The van der Waals surface area contributed by atoms with E-state index in [0.29, 0.717) is 0 Å². The van der Waals surface area contributed by atoms with Crippen LogP contribution in [0.2, 0.25) is 0 Å². The van der Waals surface area contributed by atoms with E-state index >= 15 is 0 Å². The molecule has 0 unspecified atom stereocenters. The zero-order valence-corrected chi connectivity index (χ0v) is 20.0. The Balaban J connectivity index is -0.0000000214. The maximum absolute atomic E-state index is 9.73.